The van der Waals surface area contributed by atoms with E-state index >= 15 is 0 Å². The molecule has 4 rings (SSSR count). The zero-order chi connectivity index (χ0) is 17.1. The molecule has 4 aromatic rings. The van der Waals surface area contributed by atoms with Gasteiger partial charge < -0.3 is 19.5 Å². The first kappa shape index (κ1) is 15.3. The Hall–Kier alpha value is -3.19. The Kier molecular flexibility index (Phi) is 4.14. The predicted octanol–water partition coefficient (Wildman–Crippen LogP) is 2.89. The normalized spacial score (nSPS) is 11.2. The maximum Gasteiger partial charge on any atom is 0.222 e. The van der Waals surface area contributed by atoms with Crippen LogP contribution in [0.2, 0.25) is 0 Å². The van der Waals surface area contributed by atoms with E-state index in [9.17, 15) is 0 Å². The standard InChI is InChI=1S/C18H17N5O2/c19-18-21-15(14-7-4-9-25-14)16-17(22-18)23(12-20-16)8-10-24-11-13-5-2-1-3-6-13/h1-7,9,12H,8,10-11H2,(H2,19,21,22). The van der Waals surface area contributed by atoms with Gasteiger partial charge in [-0.05, 0) is 17.7 Å². The number of nitrogens with zero attached hydrogens (tertiary/aromatic N) is 4. The van der Waals surface area contributed by atoms with Crippen LogP contribution in [0, 0.1) is 0 Å². The minimum absolute atomic E-state index is 0.186. The highest BCUT2D eigenvalue weighted by Crippen LogP contribution is 2.25. The van der Waals surface area contributed by atoms with Crippen LogP contribution in [0.5, 0.6) is 0 Å². The van der Waals surface area contributed by atoms with Crippen molar-refractivity contribution in [2.75, 3.05) is 12.3 Å². The lowest BCUT2D eigenvalue weighted by Crippen LogP contribution is -2.07. The number of furan rings is 1. The summed E-state index contributed by atoms with van der Waals surface area (Å²) in [6, 6.07) is 13.7. The molecule has 126 valence electrons. The second kappa shape index (κ2) is 6.74. The van der Waals surface area contributed by atoms with E-state index in [1.807, 2.05) is 41.0 Å². The van der Waals surface area contributed by atoms with Crippen molar-refractivity contribution < 1.29 is 9.15 Å². The Morgan fingerprint density at radius 3 is 2.76 bits per heavy atom. The van der Waals surface area contributed by atoms with Gasteiger partial charge in [0.05, 0.1) is 25.8 Å². The van der Waals surface area contributed by atoms with Gasteiger partial charge in [0.2, 0.25) is 5.95 Å². The van der Waals surface area contributed by atoms with Gasteiger partial charge in [-0.2, -0.15) is 4.98 Å². The summed E-state index contributed by atoms with van der Waals surface area (Å²) < 4.78 is 13.1. The fourth-order valence-electron chi connectivity index (χ4n) is 2.64. The summed E-state index contributed by atoms with van der Waals surface area (Å²) in [5, 5.41) is 0. The Morgan fingerprint density at radius 2 is 1.96 bits per heavy atom. The van der Waals surface area contributed by atoms with E-state index in [0.717, 1.165) is 5.56 Å². The first-order chi connectivity index (χ1) is 12.3. The molecule has 3 aromatic heterocycles. The molecule has 0 unspecified atom stereocenters. The van der Waals surface area contributed by atoms with Crippen LogP contribution >= 0.6 is 0 Å². The molecule has 0 bridgehead atoms. The molecule has 0 saturated heterocycles. The first-order valence-corrected chi connectivity index (χ1v) is 7.95. The van der Waals surface area contributed by atoms with Crippen LogP contribution in [0.1, 0.15) is 5.56 Å². The Bertz CT molecular complexity index is 964. The zero-order valence-corrected chi connectivity index (χ0v) is 13.5. The molecule has 0 fully saturated rings. The number of nitrogens with two attached hydrogens (primary N) is 1. The number of fused-ring (bicyclic) bond motifs is 1. The van der Waals surface area contributed by atoms with E-state index in [0.29, 0.717) is 42.4 Å². The van der Waals surface area contributed by atoms with Crippen LogP contribution in [0.4, 0.5) is 5.95 Å². The van der Waals surface area contributed by atoms with Gasteiger partial charge in [0, 0.05) is 6.54 Å². The van der Waals surface area contributed by atoms with E-state index in [1.165, 1.54) is 0 Å². The molecule has 0 saturated carbocycles. The molecule has 0 amide bonds. The molecular formula is C18H17N5O2. The molecule has 0 spiro atoms. The molecule has 0 radical (unpaired) electrons. The van der Waals surface area contributed by atoms with Gasteiger partial charge in [0.15, 0.2) is 11.4 Å². The third-order valence-electron chi connectivity index (χ3n) is 3.82. The monoisotopic (exact) mass is 335 g/mol. The molecular weight excluding hydrogens is 318 g/mol. The average molecular weight is 335 g/mol. The van der Waals surface area contributed by atoms with E-state index in [4.69, 9.17) is 14.9 Å². The third-order valence-corrected chi connectivity index (χ3v) is 3.82. The third kappa shape index (κ3) is 3.22. The Morgan fingerprint density at radius 1 is 1.08 bits per heavy atom. The SMILES string of the molecule is Nc1nc(-c2ccco2)c2ncn(CCOCc3ccccc3)c2n1. The molecule has 0 aliphatic heterocycles. The highest BCUT2D eigenvalue weighted by atomic mass is 16.5. The van der Waals surface area contributed by atoms with Crippen molar-refractivity contribution in [1.82, 2.24) is 19.5 Å². The number of benzene rings is 1. The van der Waals surface area contributed by atoms with Crippen molar-refractivity contribution in [1.29, 1.82) is 0 Å². The highest BCUT2D eigenvalue weighted by Gasteiger charge is 2.15. The van der Waals surface area contributed by atoms with Crippen molar-refractivity contribution in [2.24, 2.45) is 0 Å². The minimum Gasteiger partial charge on any atom is -0.463 e. The smallest absolute Gasteiger partial charge is 0.222 e. The summed E-state index contributed by atoms with van der Waals surface area (Å²) in [7, 11) is 0. The predicted molar refractivity (Wildman–Crippen MR) is 93.5 cm³/mol. The second-order valence-electron chi connectivity index (χ2n) is 5.56. The minimum atomic E-state index is 0.186. The van der Waals surface area contributed by atoms with Crippen molar-refractivity contribution >= 4 is 17.1 Å². The van der Waals surface area contributed by atoms with Crippen LogP contribution < -0.4 is 5.73 Å². The van der Waals surface area contributed by atoms with Crippen LogP contribution in [0.15, 0.2) is 59.5 Å². The van der Waals surface area contributed by atoms with Crippen LogP contribution in [0.3, 0.4) is 0 Å². The molecule has 25 heavy (non-hydrogen) atoms. The van der Waals surface area contributed by atoms with Crippen LogP contribution in [-0.4, -0.2) is 26.1 Å². The number of aromatic nitrogens is 4. The topological polar surface area (TPSA) is 92.0 Å². The van der Waals surface area contributed by atoms with Crippen LogP contribution in [-0.2, 0) is 17.9 Å². The lowest BCUT2D eigenvalue weighted by Gasteiger charge is -2.06. The maximum atomic E-state index is 5.85. The quantitative estimate of drug-likeness (QED) is 0.545. The molecule has 1 aromatic carbocycles. The van der Waals surface area contributed by atoms with Crippen molar-refractivity contribution in [3.8, 4) is 11.5 Å². The van der Waals surface area contributed by atoms with Gasteiger partial charge in [-0.15, -0.1) is 0 Å². The fraction of sp³-hybridized carbons (Fsp3) is 0.167. The number of ether oxygens (including phenoxy) is 1. The Labute approximate surface area is 144 Å². The van der Waals surface area contributed by atoms with Crippen molar-refractivity contribution in [2.45, 2.75) is 13.2 Å². The fourth-order valence-corrected chi connectivity index (χ4v) is 2.64. The van der Waals surface area contributed by atoms with Crippen LogP contribution in [0.25, 0.3) is 22.6 Å². The van der Waals surface area contributed by atoms with E-state index in [1.54, 1.807) is 18.7 Å². The van der Waals surface area contributed by atoms with E-state index in [-0.39, 0.29) is 5.95 Å². The number of hydrogen-bond donors (Lipinski definition) is 1. The first-order valence-electron chi connectivity index (χ1n) is 7.95. The molecule has 0 aliphatic carbocycles. The van der Waals surface area contributed by atoms with Gasteiger partial charge in [-0.1, -0.05) is 30.3 Å². The van der Waals surface area contributed by atoms with Gasteiger partial charge >= 0.3 is 0 Å². The molecule has 2 N–H and O–H groups in total. The lowest BCUT2D eigenvalue weighted by atomic mass is 10.2. The van der Waals surface area contributed by atoms with Gasteiger partial charge in [-0.25, -0.2) is 9.97 Å². The van der Waals surface area contributed by atoms with Gasteiger partial charge in [0.25, 0.3) is 0 Å². The number of nitrogen functional groups attached to an aromatic ring is 1. The second-order valence-corrected chi connectivity index (χ2v) is 5.56. The van der Waals surface area contributed by atoms with Gasteiger partial charge in [0.1, 0.15) is 11.2 Å². The van der Waals surface area contributed by atoms with Crippen molar-refractivity contribution in [3.05, 3.63) is 60.6 Å². The molecule has 7 heteroatoms. The molecule has 3 heterocycles. The zero-order valence-electron chi connectivity index (χ0n) is 13.5. The maximum absolute atomic E-state index is 5.85. The summed E-state index contributed by atoms with van der Waals surface area (Å²) in [5.41, 5.74) is 8.92. The number of hydrogen-bond acceptors (Lipinski definition) is 6. The molecule has 0 aliphatic rings. The summed E-state index contributed by atoms with van der Waals surface area (Å²) in [4.78, 5) is 13.0. The highest BCUT2D eigenvalue weighted by molar-refractivity contribution is 5.86. The summed E-state index contributed by atoms with van der Waals surface area (Å²) in [5.74, 6) is 0.801. The number of rotatable bonds is 6. The largest absolute Gasteiger partial charge is 0.463 e. The summed E-state index contributed by atoms with van der Waals surface area (Å²) in [6.07, 6.45) is 3.31. The average Bonchev–Trinajstić information content (AvgIpc) is 3.29. The van der Waals surface area contributed by atoms with Gasteiger partial charge in [-0.3, -0.25) is 0 Å². The molecule has 0 atom stereocenters. The summed E-state index contributed by atoms with van der Waals surface area (Å²) in [6.45, 7) is 1.74. The van der Waals surface area contributed by atoms with E-state index < -0.39 is 0 Å². The number of imidazole rings is 1. The summed E-state index contributed by atoms with van der Waals surface area (Å²) >= 11 is 0. The lowest BCUT2D eigenvalue weighted by molar-refractivity contribution is 0.114. The van der Waals surface area contributed by atoms with Crippen molar-refractivity contribution in [3.63, 3.8) is 0 Å². The number of anilines is 1. The molecule has 7 nitrogen and oxygen atoms in total. The Balaban J connectivity index is 1.51. The van der Waals surface area contributed by atoms with E-state index in [2.05, 4.69) is 15.0 Å².